The van der Waals surface area contributed by atoms with Gasteiger partial charge in [-0.05, 0) is 36.8 Å². The number of nitrogens with zero attached hydrogens (tertiary/aromatic N) is 2. The van der Waals surface area contributed by atoms with Gasteiger partial charge in [0.1, 0.15) is 0 Å². The van der Waals surface area contributed by atoms with Gasteiger partial charge in [-0.15, -0.1) is 11.3 Å². The van der Waals surface area contributed by atoms with Crippen molar-refractivity contribution in [2.75, 3.05) is 5.32 Å². The first-order valence-electron chi connectivity index (χ1n) is 7.24. The van der Waals surface area contributed by atoms with Gasteiger partial charge in [0.25, 0.3) is 0 Å². The third kappa shape index (κ3) is 4.07. The molecule has 3 rings (SSSR count). The van der Waals surface area contributed by atoms with Gasteiger partial charge in [0.2, 0.25) is 5.91 Å². The summed E-state index contributed by atoms with van der Waals surface area (Å²) >= 11 is 7.35. The first-order chi connectivity index (χ1) is 11.6. The van der Waals surface area contributed by atoms with E-state index in [9.17, 15) is 4.79 Å². The van der Waals surface area contributed by atoms with E-state index >= 15 is 0 Å². The zero-order valence-corrected chi connectivity index (χ0v) is 14.4. The summed E-state index contributed by atoms with van der Waals surface area (Å²) < 4.78 is 0. The highest BCUT2D eigenvalue weighted by molar-refractivity contribution is 7.16. The van der Waals surface area contributed by atoms with Crippen LogP contribution in [0.25, 0.3) is 17.3 Å². The molecule has 0 radical (unpaired) electrons. The first kappa shape index (κ1) is 16.4. The number of pyridine rings is 1. The number of carbonyl (C=O) groups is 1. The molecule has 0 aliphatic rings. The number of nitrogens with one attached hydrogen (secondary N) is 1. The zero-order valence-electron chi connectivity index (χ0n) is 12.9. The molecule has 6 heteroatoms. The molecular formula is C18H14ClN3OS. The lowest BCUT2D eigenvalue weighted by molar-refractivity contribution is -0.111. The van der Waals surface area contributed by atoms with Crippen LogP contribution in [0.15, 0.2) is 54.9 Å². The van der Waals surface area contributed by atoms with E-state index in [0.29, 0.717) is 10.2 Å². The fourth-order valence-corrected chi connectivity index (χ4v) is 3.08. The molecule has 3 aromatic rings. The van der Waals surface area contributed by atoms with Crippen molar-refractivity contribution in [1.82, 2.24) is 9.97 Å². The summed E-state index contributed by atoms with van der Waals surface area (Å²) in [5.41, 5.74) is 2.69. The summed E-state index contributed by atoms with van der Waals surface area (Å²) in [6, 6.07) is 11.2. The Bertz CT molecular complexity index is 873. The Morgan fingerprint density at radius 1 is 1.25 bits per heavy atom. The van der Waals surface area contributed by atoms with Gasteiger partial charge in [-0.2, -0.15) is 0 Å². The Kier molecular flexibility index (Phi) is 5.03. The molecule has 0 atom stereocenters. The van der Waals surface area contributed by atoms with Gasteiger partial charge >= 0.3 is 0 Å². The molecule has 1 amide bonds. The minimum Gasteiger partial charge on any atom is -0.298 e. The summed E-state index contributed by atoms with van der Waals surface area (Å²) in [4.78, 5) is 21.6. The third-order valence-corrected chi connectivity index (χ3v) is 4.39. The number of halogens is 1. The minimum atomic E-state index is -0.227. The maximum Gasteiger partial charge on any atom is 0.250 e. The lowest BCUT2D eigenvalue weighted by atomic mass is 10.1. The number of carbonyl (C=O) groups excluding carboxylic acids is 1. The van der Waals surface area contributed by atoms with Gasteiger partial charge in [0.05, 0.1) is 5.69 Å². The Balaban J connectivity index is 1.72. The molecule has 4 nitrogen and oxygen atoms in total. The summed E-state index contributed by atoms with van der Waals surface area (Å²) in [6.07, 6.45) is 6.56. The maximum absolute atomic E-state index is 12.0. The van der Waals surface area contributed by atoms with Crippen molar-refractivity contribution in [1.29, 1.82) is 0 Å². The van der Waals surface area contributed by atoms with Crippen molar-refractivity contribution < 1.29 is 4.79 Å². The van der Waals surface area contributed by atoms with Crippen molar-refractivity contribution in [2.45, 2.75) is 6.92 Å². The van der Waals surface area contributed by atoms with E-state index < -0.39 is 0 Å². The number of hydrogen-bond donors (Lipinski definition) is 1. The minimum absolute atomic E-state index is 0.227. The average Bonchev–Trinajstić information content (AvgIpc) is 2.95. The Morgan fingerprint density at radius 2 is 2.04 bits per heavy atom. The van der Waals surface area contributed by atoms with Gasteiger partial charge in [-0.1, -0.05) is 29.8 Å². The quantitative estimate of drug-likeness (QED) is 0.683. The highest BCUT2D eigenvalue weighted by atomic mass is 35.5. The topological polar surface area (TPSA) is 54.9 Å². The number of aromatic nitrogens is 2. The lowest BCUT2D eigenvalue weighted by Crippen LogP contribution is -2.07. The van der Waals surface area contributed by atoms with E-state index in [0.717, 1.165) is 21.7 Å². The molecule has 2 aromatic heterocycles. The van der Waals surface area contributed by atoms with Crippen LogP contribution in [0.3, 0.4) is 0 Å². The molecule has 2 heterocycles. The molecule has 0 saturated heterocycles. The van der Waals surface area contributed by atoms with Crippen molar-refractivity contribution in [3.8, 4) is 11.3 Å². The number of amides is 1. The molecule has 0 unspecified atom stereocenters. The highest BCUT2D eigenvalue weighted by Gasteiger charge is 2.11. The maximum atomic E-state index is 12.0. The zero-order chi connectivity index (χ0) is 16.9. The normalized spacial score (nSPS) is 10.9. The summed E-state index contributed by atoms with van der Waals surface area (Å²) in [6.45, 7) is 1.97. The van der Waals surface area contributed by atoms with Gasteiger partial charge in [-0.25, -0.2) is 4.98 Å². The van der Waals surface area contributed by atoms with E-state index in [2.05, 4.69) is 15.3 Å². The van der Waals surface area contributed by atoms with Crippen LogP contribution in [0.1, 0.15) is 10.4 Å². The average molecular weight is 356 g/mol. The van der Waals surface area contributed by atoms with Crippen molar-refractivity contribution >= 4 is 40.1 Å². The van der Waals surface area contributed by atoms with Crippen LogP contribution in [-0.2, 0) is 4.79 Å². The van der Waals surface area contributed by atoms with Crippen LogP contribution < -0.4 is 5.32 Å². The predicted molar refractivity (Wildman–Crippen MR) is 99.2 cm³/mol. The second-order valence-electron chi connectivity index (χ2n) is 5.04. The molecule has 0 fully saturated rings. The number of hydrogen-bond acceptors (Lipinski definition) is 4. The van der Waals surface area contributed by atoms with Crippen LogP contribution in [0.4, 0.5) is 5.13 Å². The Morgan fingerprint density at radius 3 is 2.75 bits per heavy atom. The fourth-order valence-electron chi connectivity index (χ4n) is 2.12. The molecule has 24 heavy (non-hydrogen) atoms. The molecule has 0 aliphatic heterocycles. The second-order valence-corrected chi connectivity index (χ2v) is 6.68. The van der Waals surface area contributed by atoms with Crippen molar-refractivity contribution in [3.63, 3.8) is 0 Å². The smallest absolute Gasteiger partial charge is 0.250 e. The number of aryl methyl sites for hydroxylation is 1. The highest BCUT2D eigenvalue weighted by Crippen LogP contribution is 2.30. The van der Waals surface area contributed by atoms with Crippen LogP contribution in [0.2, 0.25) is 5.02 Å². The lowest BCUT2D eigenvalue weighted by Gasteiger charge is -1.98. The van der Waals surface area contributed by atoms with E-state index in [1.165, 1.54) is 17.4 Å². The standard InChI is InChI=1S/C18H14ClN3OS/c1-12-17(14-5-7-15(19)8-6-14)22-18(24-12)21-16(23)9-4-13-3-2-10-20-11-13/h2-11H,1H3,(H,21,22,23)/b9-4+. The SMILES string of the molecule is Cc1sc(NC(=O)/C=C/c2cccnc2)nc1-c1ccc(Cl)cc1. The summed E-state index contributed by atoms with van der Waals surface area (Å²) in [5.74, 6) is -0.227. The van der Waals surface area contributed by atoms with Gasteiger partial charge in [0.15, 0.2) is 5.13 Å². The summed E-state index contributed by atoms with van der Waals surface area (Å²) in [5, 5.41) is 4.04. The Hall–Kier alpha value is -2.50. The molecule has 0 bridgehead atoms. The van der Waals surface area contributed by atoms with Gasteiger partial charge < -0.3 is 0 Å². The molecule has 0 spiro atoms. The van der Waals surface area contributed by atoms with E-state index in [1.54, 1.807) is 18.5 Å². The monoisotopic (exact) mass is 355 g/mol. The largest absolute Gasteiger partial charge is 0.298 e. The molecule has 1 N–H and O–H groups in total. The second kappa shape index (κ2) is 7.38. The molecule has 0 aliphatic carbocycles. The molecule has 0 saturated carbocycles. The number of benzene rings is 1. The van der Waals surface area contributed by atoms with Crippen molar-refractivity contribution in [2.24, 2.45) is 0 Å². The number of anilines is 1. The van der Waals surface area contributed by atoms with E-state index in [4.69, 9.17) is 11.6 Å². The van der Waals surface area contributed by atoms with E-state index in [1.807, 2.05) is 43.3 Å². The van der Waals surface area contributed by atoms with Gasteiger partial charge in [-0.3, -0.25) is 15.1 Å². The third-order valence-electron chi connectivity index (χ3n) is 3.26. The van der Waals surface area contributed by atoms with Crippen LogP contribution >= 0.6 is 22.9 Å². The molecule has 1 aromatic carbocycles. The Labute approximate surface area is 148 Å². The van der Waals surface area contributed by atoms with Gasteiger partial charge in [0, 0.05) is 33.9 Å². The van der Waals surface area contributed by atoms with Crippen LogP contribution in [0.5, 0.6) is 0 Å². The van der Waals surface area contributed by atoms with Crippen molar-refractivity contribution in [3.05, 3.63) is 70.3 Å². The predicted octanol–water partition coefficient (Wildman–Crippen LogP) is 4.82. The molecular weight excluding hydrogens is 342 g/mol. The summed E-state index contributed by atoms with van der Waals surface area (Å²) in [7, 11) is 0. The van der Waals surface area contributed by atoms with Crippen LogP contribution in [0, 0.1) is 6.92 Å². The fraction of sp³-hybridized carbons (Fsp3) is 0.0556. The first-order valence-corrected chi connectivity index (χ1v) is 8.44. The number of rotatable bonds is 4. The van der Waals surface area contributed by atoms with E-state index in [-0.39, 0.29) is 5.91 Å². The number of thiazole rings is 1. The molecule has 120 valence electrons. The van der Waals surface area contributed by atoms with Crippen LogP contribution in [-0.4, -0.2) is 15.9 Å².